The maximum absolute atomic E-state index is 4.73. The quantitative estimate of drug-likeness (QED) is 0.849. The van der Waals surface area contributed by atoms with Crippen LogP contribution >= 0.6 is 24.0 Å². The molecule has 0 saturated heterocycles. The lowest BCUT2D eigenvalue weighted by molar-refractivity contribution is 0.820. The molecule has 2 nitrogen and oxygen atoms in total. The number of hydrogen-bond acceptors (Lipinski definition) is 4. The largest absolute Gasteiger partial charge is 0.264 e. The highest BCUT2D eigenvalue weighted by molar-refractivity contribution is 7.80. The summed E-state index contributed by atoms with van der Waals surface area (Å²) in [7, 11) is 0. The van der Waals surface area contributed by atoms with E-state index in [0.29, 0.717) is 5.25 Å². The van der Waals surface area contributed by atoms with E-state index < -0.39 is 0 Å². The minimum atomic E-state index is 0.373. The Balaban J connectivity index is 1.95. The van der Waals surface area contributed by atoms with Crippen molar-refractivity contribution in [3.8, 4) is 10.6 Å². The third-order valence-electron chi connectivity index (χ3n) is 3.08. The number of nitrogens with zero attached hydrogens (tertiary/aromatic N) is 2. The lowest BCUT2D eigenvalue weighted by Crippen LogP contribution is -1.91. The van der Waals surface area contributed by atoms with Crippen LogP contribution in [0.3, 0.4) is 0 Å². The third-order valence-corrected chi connectivity index (χ3v) is 5.22. The number of pyridine rings is 1. The first kappa shape index (κ1) is 11.2. The van der Waals surface area contributed by atoms with Crippen molar-refractivity contribution in [1.29, 1.82) is 0 Å². The molecule has 0 spiro atoms. The molecule has 0 amide bonds. The molecule has 17 heavy (non-hydrogen) atoms. The van der Waals surface area contributed by atoms with Gasteiger partial charge in [-0.15, -0.1) is 11.3 Å². The van der Waals surface area contributed by atoms with E-state index in [9.17, 15) is 0 Å². The molecule has 88 valence electrons. The van der Waals surface area contributed by atoms with Gasteiger partial charge in [-0.3, -0.25) is 4.98 Å². The molecule has 2 aromatic heterocycles. The summed E-state index contributed by atoms with van der Waals surface area (Å²) in [6.45, 7) is 2.08. The minimum absolute atomic E-state index is 0.373. The van der Waals surface area contributed by atoms with Crippen LogP contribution in [-0.4, -0.2) is 9.97 Å². The number of rotatable bonds is 3. The molecule has 1 aliphatic rings. The standard InChI is InChI=1S/C13H14N2S2/c1-8-12(11(16)9-4-5-9)17-13(15-8)10-3-2-6-14-7-10/h2-3,6-7,9,11,16H,4-5H2,1H3. The Kier molecular flexibility index (Phi) is 2.92. The van der Waals surface area contributed by atoms with Crippen molar-refractivity contribution >= 4 is 24.0 Å². The molecule has 0 radical (unpaired) electrons. The fourth-order valence-electron chi connectivity index (χ4n) is 1.92. The topological polar surface area (TPSA) is 25.8 Å². The van der Waals surface area contributed by atoms with Crippen molar-refractivity contribution < 1.29 is 0 Å². The van der Waals surface area contributed by atoms with Crippen LogP contribution in [0.5, 0.6) is 0 Å². The molecule has 2 aromatic rings. The Bertz CT molecular complexity index is 517. The van der Waals surface area contributed by atoms with Crippen molar-refractivity contribution in [3.63, 3.8) is 0 Å². The molecule has 0 aromatic carbocycles. The Morgan fingerprint density at radius 3 is 2.94 bits per heavy atom. The zero-order valence-corrected chi connectivity index (χ0v) is 11.3. The molecule has 0 N–H and O–H groups in total. The van der Waals surface area contributed by atoms with E-state index in [2.05, 4.69) is 23.0 Å². The lowest BCUT2D eigenvalue weighted by atomic mass is 10.2. The Hall–Kier alpha value is -0.870. The average molecular weight is 262 g/mol. The second-order valence-corrected chi connectivity index (χ2v) is 6.08. The molecule has 3 rings (SSSR count). The van der Waals surface area contributed by atoms with E-state index in [1.807, 2.05) is 12.3 Å². The van der Waals surface area contributed by atoms with E-state index in [1.54, 1.807) is 17.5 Å². The summed E-state index contributed by atoms with van der Waals surface area (Å²) in [4.78, 5) is 10.1. The van der Waals surface area contributed by atoms with E-state index in [-0.39, 0.29) is 0 Å². The third kappa shape index (κ3) is 2.24. The van der Waals surface area contributed by atoms with Crippen molar-refractivity contribution in [2.75, 3.05) is 0 Å². The van der Waals surface area contributed by atoms with Gasteiger partial charge in [0.2, 0.25) is 0 Å². The minimum Gasteiger partial charge on any atom is -0.264 e. The molecule has 1 fully saturated rings. The molecule has 1 saturated carbocycles. The summed E-state index contributed by atoms with van der Waals surface area (Å²) in [6.07, 6.45) is 6.28. The number of thiazole rings is 1. The van der Waals surface area contributed by atoms with E-state index in [0.717, 1.165) is 22.2 Å². The van der Waals surface area contributed by atoms with E-state index in [4.69, 9.17) is 12.6 Å². The second kappa shape index (κ2) is 4.42. The number of thiol groups is 1. The smallest absolute Gasteiger partial charge is 0.125 e. The van der Waals surface area contributed by atoms with Crippen molar-refractivity contribution in [3.05, 3.63) is 35.1 Å². The van der Waals surface area contributed by atoms with Gasteiger partial charge in [-0.25, -0.2) is 4.98 Å². The fourth-order valence-corrected chi connectivity index (χ4v) is 3.70. The summed E-state index contributed by atoms with van der Waals surface area (Å²) >= 11 is 6.49. The molecular formula is C13H14N2S2. The zero-order chi connectivity index (χ0) is 11.8. The first-order valence-corrected chi connectivity index (χ1v) is 7.15. The Labute approximate surface area is 111 Å². The van der Waals surface area contributed by atoms with Gasteiger partial charge in [0, 0.05) is 28.1 Å². The van der Waals surface area contributed by atoms with E-state index >= 15 is 0 Å². The highest BCUT2D eigenvalue weighted by atomic mass is 32.1. The number of aryl methyl sites for hydroxylation is 1. The van der Waals surface area contributed by atoms with Crippen LogP contribution in [0.4, 0.5) is 0 Å². The molecule has 1 atom stereocenters. The van der Waals surface area contributed by atoms with Gasteiger partial charge in [-0.05, 0) is 37.8 Å². The van der Waals surface area contributed by atoms with Gasteiger partial charge in [-0.1, -0.05) is 0 Å². The zero-order valence-electron chi connectivity index (χ0n) is 9.63. The summed E-state index contributed by atoms with van der Waals surface area (Å²) in [5, 5.41) is 1.43. The number of hydrogen-bond donors (Lipinski definition) is 1. The van der Waals surface area contributed by atoms with Gasteiger partial charge < -0.3 is 0 Å². The van der Waals surface area contributed by atoms with Gasteiger partial charge in [0.15, 0.2) is 0 Å². The van der Waals surface area contributed by atoms with Crippen LogP contribution in [0, 0.1) is 12.8 Å². The van der Waals surface area contributed by atoms with Crippen molar-refractivity contribution in [2.24, 2.45) is 5.92 Å². The molecule has 1 unspecified atom stereocenters. The van der Waals surface area contributed by atoms with Gasteiger partial charge in [-0.2, -0.15) is 12.6 Å². The SMILES string of the molecule is Cc1nc(-c2cccnc2)sc1C(S)C1CC1. The van der Waals surface area contributed by atoms with Gasteiger partial charge in [0.05, 0.1) is 5.69 Å². The molecular weight excluding hydrogens is 248 g/mol. The normalized spacial score (nSPS) is 17.1. The monoisotopic (exact) mass is 262 g/mol. The van der Waals surface area contributed by atoms with Crippen LogP contribution in [0.15, 0.2) is 24.5 Å². The predicted octanol–water partition coefficient (Wildman–Crippen LogP) is 3.89. The summed E-state index contributed by atoms with van der Waals surface area (Å²) in [5.74, 6) is 0.763. The molecule has 4 heteroatoms. The van der Waals surface area contributed by atoms with Gasteiger partial charge in [0.25, 0.3) is 0 Å². The van der Waals surface area contributed by atoms with Crippen LogP contribution in [0.2, 0.25) is 0 Å². The number of aromatic nitrogens is 2. The Morgan fingerprint density at radius 2 is 2.29 bits per heavy atom. The first-order chi connectivity index (χ1) is 8.25. The first-order valence-electron chi connectivity index (χ1n) is 5.81. The Morgan fingerprint density at radius 1 is 1.47 bits per heavy atom. The summed E-state index contributed by atoms with van der Waals surface area (Å²) < 4.78 is 0. The van der Waals surface area contributed by atoms with Crippen LogP contribution in [-0.2, 0) is 0 Å². The lowest BCUT2D eigenvalue weighted by Gasteiger charge is -2.05. The van der Waals surface area contributed by atoms with Crippen LogP contribution in [0.25, 0.3) is 10.6 Å². The highest BCUT2D eigenvalue weighted by Crippen LogP contribution is 2.48. The second-order valence-electron chi connectivity index (χ2n) is 4.49. The van der Waals surface area contributed by atoms with Gasteiger partial charge >= 0.3 is 0 Å². The van der Waals surface area contributed by atoms with Gasteiger partial charge in [0.1, 0.15) is 5.01 Å². The van der Waals surface area contributed by atoms with Crippen molar-refractivity contribution in [1.82, 2.24) is 9.97 Å². The molecule has 0 aliphatic heterocycles. The fraction of sp³-hybridized carbons (Fsp3) is 0.385. The molecule has 0 bridgehead atoms. The van der Waals surface area contributed by atoms with Crippen LogP contribution < -0.4 is 0 Å². The summed E-state index contributed by atoms with van der Waals surface area (Å²) in [6, 6.07) is 4.00. The van der Waals surface area contributed by atoms with E-state index in [1.165, 1.54) is 17.7 Å². The molecule has 2 heterocycles. The van der Waals surface area contributed by atoms with Crippen molar-refractivity contribution in [2.45, 2.75) is 25.0 Å². The average Bonchev–Trinajstić information content (AvgIpc) is 3.13. The molecule has 1 aliphatic carbocycles. The van der Waals surface area contributed by atoms with Crippen LogP contribution in [0.1, 0.15) is 28.7 Å². The maximum Gasteiger partial charge on any atom is 0.125 e. The highest BCUT2D eigenvalue weighted by Gasteiger charge is 2.32. The predicted molar refractivity (Wildman–Crippen MR) is 74.5 cm³/mol. The summed E-state index contributed by atoms with van der Waals surface area (Å²) in [5.41, 5.74) is 2.23. The maximum atomic E-state index is 4.73.